The molecule has 0 aromatic rings. The van der Waals surface area contributed by atoms with Crippen molar-refractivity contribution in [3.63, 3.8) is 0 Å². The standard InChI is InChI=1S/C20H45N2OPSSi/c1-14(2)19-20(23-19,26(11,12)13)24(25,21(15(3)4)16(5)6)22(17(7)8)18(9)10/h14-19H,1-13H3/t19-,20+/m0/s1. The van der Waals surface area contributed by atoms with E-state index in [9.17, 15) is 0 Å². The Morgan fingerprint density at radius 3 is 1.23 bits per heavy atom. The minimum Gasteiger partial charge on any atom is -0.361 e. The fourth-order valence-electron chi connectivity index (χ4n) is 4.93. The monoisotopic (exact) mass is 420 g/mol. The van der Waals surface area contributed by atoms with Crippen LogP contribution in [0.5, 0.6) is 0 Å². The van der Waals surface area contributed by atoms with Crippen LogP contribution >= 0.6 is 6.34 Å². The molecule has 3 nitrogen and oxygen atoms in total. The predicted octanol–water partition coefficient (Wildman–Crippen LogP) is 6.16. The van der Waals surface area contributed by atoms with Crippen molar-refractivity contribution in [2.24, 2.45) is 5.92 Å². The van der Waals surface area contributed by atoms with Gasteiger partial charge in [-0.1, -0.05) is 45.3 Å². The quantitative estimate of drug-likeness (QED) is 0.252. The molecule has 0 spiro atoms. The first-order valence-electron chi connectivity index (χ1n) is 10.4. The van der Waals surface area contributed by atoms with Gasteiger partial charge in [-0.15, -0.1) is 0 Å². The van der Waals surface area contributed by atoms with Gasteiger partial charge in [0.1, 0.15) is 11.3 Å². The van der Waals surface area contributed by atoms with E-state index in [1.54, 1.807) is 0 Å². The lowest BCUT2D eigenvalue weighted by atomic mass is 10.1. The van der Waals surface area contributed by atoms with Crippen LogP contribution in [0.25, 0.3) is 0 Å². The summed E-state index contributed by atoms with van der Waals surface area (Å²) in [5.74, 6) is 0.506. The van der Waals surface area contributed by atoms with Gasteiger partial charge in [-0.3, -0.25) is 9.34 Å². The highest BCUT2D eigenvalue weighted by Gasteiger charge is 2.75. The molecule has 1 fully saturated rings. The van der Waals surface area contributed by atoms with E-state index in [0.717, 1.165) is 0 Å². The molecule has 26 heavy (non-hydrogen) atoms. The van der Waals surface area contributed by atoms with Crippen LogP contribution in [-0.2, 0) is 16.5 Å². The van der Waals surface area contributed by atoms with E-state index in [2.05, 4.69) is 98.2 Å². The second-order valence-electron chi connectivity index (χ2n) is 10.4. The van der Waals surface area contributed by atoms with Gasteiger partial charge in [-0.25, -0.2) is 0 Å². The van der Waals surface area contributed by atoms with Crippen molar-refractivity contribution in [2.45, 2.75) is 124 Å². The zero-order valence-electron chi connectivity index (χ0n) is 19.6. The van der Waals surface area contributed by atoms with Gasteiger partial charge in [-0.2, -0.15) is 0 Å². The number of hydrogen-bond acceptors (Lipinski definition) is 2. The molecule has 1 aliphatic heterocycles. The number of epoxide rings is 1. The van der Waals surface area contributed by atoms with Gasteiger partial charge in [0, 0.05) is 24.2 Å². The number of hydrogen-bond donors (Lipinski definition) is 0. The summed E-state index contributed by atoms with van der Waals surface area (Å²) < 4.78 is 12.1. The van der Waals surface area contributed by atoms with E-state index in [4.69, 9.17) is 16.5 Å². The average molecular weight is 421 g/mol. The highest BCUT2D eigenvalue weighted by Crippen LogP contribution is 2.78. The zero-order chi connectivity index (χ0) is 20.8. The zero-order valence-corrected chi connectivity index (χ0v) is 22.3. The Balaban J connectivity index is 3.83. The lowest BCUT2D eigenvalue weighted by molar-refractivity contribution is 0.241. The van der Waals surface area contributed by atoms with Gasteiger partial charge in [0.15, 0.2) is 0 Å². The fourth-order valence-corrected chi connectivity index (χ4v) is 20.3. The second kappa shape index (κ2) is 8.24. The first-order valence-corrected chi connectivity index (χ1v) is 16.6. The molecule has 0 aliphatic carbocycles. The molecular weight excluding hydrogens is 375 g/mol. The number of rotatable bonds is 9. The van der Waals surface area contributed by atoms with Crippen LogP contribution in [0.1, 0.15) is 69.2 Å². The molecule has 0 aromatic carbocycles. The van der Waals surface area contributed by atoms with Crippen molar-refractivity contribution >= 4 is 26.2 Å². The molecule has 156 valence electrons. The lowest BCUT2D eigenvalue weighted by Crippen LogP contribution is -2.56. The highest BCUT2D eigenvalue weighted by atomic mass is 32.4. The van der Waals surface area contributed by atoms with E-state index >= 15 is 0 Å². The third-order valence-electron chi connectivity index (χ3n) is 5.49. The Hall–Kier alpha value is 0.747. The van der Waals surface area contributed by atoms with Crippen molar-refractivity contribution in [3.8, 4) is 0 Å². The van der Waals surface area contributed by atoms with Crippen molar-refractivity contribution in [3.05, 3.63) is 0 Å². The molecule has 0 aromatic heterocycles. The maximum absolute atomic E-state index is 6.87. The van der Waals surface area contributed by atoms with Gasteiger partial charge in [0.25, 0.3) is 0 Å². The van der Waals surface area contributed by atoms with Crippen molar-refractivity contribution < 1.29 is 4.74 Å². The second-order valence-corrected chi connectivity index (χ2v) is 20.3. The molecule has 0 bridgehead atoms. The van der Waals surface area contributed by atoms with Gasteiger partial charge >= 0.3 is 0 Å². The maximum Gasteiger partial charge on any atom is 0.136 e. The van der Waals surface area contributed by atoms with E-state index in [1.165, 1.54) is 0 Å². The van der Waals surface area contributed by atoms with E-state index in [1.807, 2.05) is 0 Å². The summed E-state index contributed by atoms with van der Waals surface area (Å²) in [4.78, 5) is -0.132. The van der Waals surface area contributed by atoms with Crippen molar-refractivity contribution in [1.82, 2.24) is 9.34 Å². The van der Waals surface area contributed by atoms with Crippen LogP contribution in [0.3, 0.4) is 0 Å². The third-order valence-corrected chi connectivity index (χ3v) is 17.7. The van der Waals surface area contributed by atoms with Crippen LogP contribution in [0, 0.1) is 5.92 Å². The molecule has 1 saturated heterocycles. The van der Waals surface area contributed by atoms with E-state index < -0.39 is 14.4 Å². The van der Waals surface area contributed by atoms with Crippen molar-refractivity contribution in [1.29, 1.82) is 0 Å². The van der Waals surface area contributed by atoms with Gasteiger partial charge in [-0.05, 0) is 61.3 Å². The topological polar surface area (TPSA) is 19.0 Å². The first-order chi connectivity index (χ1) is 11.6. The third kappa shape index (κ3) is 3.91. The highest BCUT2D eigenvalue weighted by molar-refractivity contribution is 8.14. The number of ether oxygens (including phenoxy) is 1. The van der Waals surface area contributed by atoms with Crippen molar-refractivity contribution in [2.75, 3.05) is 0 Å². The summed E-state index contributed by atoms with van der Waals surface area (Å²) in [6, 6.07) is 1.63. The molecule has 1 heterocycles. The Bertz CT molecular complexity index is 490. The van der Waals surface area contributed by atoms with Crippen LogP contribution in [0.4, 0.5) is 0 Å². The molecule has 0 amide bonds. The van der Waals surface area contributed by atoms with E-state index in [-0.39, 0.29) is 4.97 Å². The fraction of sp³-hybridized carbons (Fsp3) is 1.00. The smallest absolute Gasteiger partial charge is 0.136 e. The predicted molar refractivity (Wildman–Crippen MR) is 124 cm³/mol. The first kappa shape index (κ1) is 24.8. The molecule has 6 heteroatoms. The summed E-state index contributed by atoms with van der Waals surface area (Å²) in [6.45, 7) is 30.5. The summed E-state index contributed by atoms with van der Waals surface area (Å²) in [6.07, 6.45) is -1.86. The Labute approximate surface area is 170 Å². The van der Waals surface area contributed by atoms with Crippen LogP contribution < -0.4 is 0 Å². The van der Waals surface area contributed by atoms with Gasteiger partial charge in [0.2, 0.25) is 0 Å². The van der Waals surface area contributed by atoms with Crippen LogP contribution in [-0.4, -0.2) is 52.7 Å². The normalized spacial score (nSPS) is 25.0. The molecule has 1 aliphatic rings. The summed E-state index contributed by atoms with van der Waals surface area (Å²) in [7, 11) is -1.70. The van der Waals surface area contributed by atoms with Crippen LogP contribution in [0.15, 0.2) is 0 Å². The largest absolute Gasteiger partial charge is 0.361 e. The molecule has 1 rings (SSSR count). The molecule has 2 atom stereocenters. The maximum atomic E-state index is 6.87. The Morgan fingerprint density at radius 2 is 1.08 bits per heavy atom. The minimum atomic E-state index is -2.15. The minimum absolute atomic E-state index is 0.132. The Morgan fingerprint density at radius 1 is 0.769 bits per heavy atom. The van der Waals surface area contributed by atoms with E-state index in [0.29, 0.717) is 36.2 Å². The Kier molecular flexibility index (Phi) is 7.85. The van der Waals surface area contributed by atoms with Gasteiger partial charge in [0.05, 0.1) is 14.2 Å². The SMILES string of the molecule is CC(C)[C@@H]1O[C@@]1([Si](C)(C)C)P(=S)(N(C(C)C)C(C)C)N(C(C)C)C(C)C. The molecule has 0 N–H and O–H groups in total. The lowest BCUT2D eigenvalue weighted by Gasteiger charge is -2.55. The van der Waals surface area contributed by atoms with Gasteiger partial charge < -0.3 is 4.74 Å². The molecular formula is C20H45N2OPSSi. The van der Waals surface area contributed by atoms with Crippen LogP contribution in [0.2, 0.25) is 19.6 Å². The summed E-state index contributed by atoms with van der Waals surface area (Å²) >= 11 is 6.87. The molecule has 0 radical (unpaired) electrons. The summed E-state index contributed by atoms with van der Waals surface area (Å²) in [5, 5.41) is 0. The molecule has 0 saturated carbocycles. The summed E-state index contributed by atoms with van der Waals surface area (Å²) in [5.41, 5.74) is 0. The molecule has 0 unspecified atom stereocenters. The number of nitrogens with zero attached hydrogens (tertiary/aromatic N) is 2. The average Bonchev–Trinajstić information content (AvgIpc) is 3.12.